The van der Waals surface area contributed by atoms with Gasteiger partial charge in [0.2, 0.25) is 0 Å². The first-order valence-electron chi connectivity index (χ1n) is 5.88. The van der Waals surface area contributed by atoms with Gasteiger partial charge in [0.1, 0.15) is 13.2 Å². The fourth-order valence-electron chi connectivity index (χ4n) is 1.80. The Hall–Kier alpha value is -2.15. The molecule has 1 aliphatic rings. The average Bonchev–Trinajstić information content (AvgIpc) is 2.43. The van der Waals surface area contributed by atoms with E-state index in [1.54, 1.807) is 23.1 Å². The molecule has 0 bridgehead atoms. The third kappa shape index (κ3) is 2.40. The molecule has 0 aliphatic carbocycles. The molecule has 0 aromatic heterocycles. The number of benzene rings is 1. The van der Waals surface area contributed by atoms with Crippen LogP contribution in [0.25, 0.3) is 0 Å². The molecule has 0 saturated carbocycles. The summed E-state index contributed by atoms with van der Waals surface area (Å²) in [7, 11) is 0. The molecule has 1 aromatic rings. The molecule has 0 atom stereocenters. The quantitative estimate of drug-likeness (QED) is 0.758. The van der Waals surface area contributed by atoms with Crippen LogP contribution < -0.4 is 9.47 Å². The minimum absolute atomic E-state index is 0.0903. The van der Waals surface area contributed by atoms with Crippen LogP contribution in [0.4, 0.5) is 0 Å². The van der Waals surface area contributed by atoms with Gasteiger partial charge in [0, 0.05) is 12.1 Å². The van der Waals surface area contributed by atoms with Crippen LogP contribution in [0.5, 0.6) is 11.5 Å². The standard InChI is InChI=1S/C14H15NO3/c1-3-7-15(4-2)14(16)11-5-6-12-13(10-11)18-9-8-17-12/h1,5-6,10H,4,7-9H2,2H3. The predicted molar refractivity (Wildman–Crippen MR) is 67.8 cm³/mol. The smallest absolute Gasteiger partial charge is 0.254 e. The molecule has 94 valence electrons. The second-order valence-corrected chi connectivity index (χ2v) is 3.88. The maximum absolute atomic E-state index is 12.2. The Kier molecular flexibility index (Phi) is 3.73. The Morgan fingerprint density at radius 1 is 1.39 bits per heavy atom. The molecule has 1 amide bonds. The van der Waals surface area contributed by atoms with Crippen LogP contribution in [0.3, 0.4) is 0 Å². The van der Waals surface area contributed by atoms with Gasteiger partial charge >= 0.3 is 0 Å². The van der Waals surface area contributed by atoms with Crippen molar-refractivity contribution in [2.75, 3.05) is 26.3 Å². The monoisotopic (exact) mass is 245 g/mol. The summed E-state index contributed by atoms with van der Waals surface area (Å²) < 4.78 is 10.9. The van der Waals surface area contributed by atoms with Crippen molar-refractivity contribution < 1.29 is 14.3 Å². The summed E-state index contributed by atoms with van der Waals surface area (Å²) in [5.74, 6) is 3.68. The maximum atomic E-state index is 12.2. The SMILES string of the molecule is C#CCN(CC)C(=O)c1ccc2c(c1)OCCO2. The molecule has 0 N–H and O–H groups in total. The first kappa shape index (κ1) is 12.3. The van der Waals surface area contributed by atoms with Crippen LogP contribution >= 0.6 is 0 Å². The fourth-order valence-corrected chi connectivity index (χ4v) is 1.80. The Balaban J connectivity index is 2.23. The van der Waals surface area contributed by atoms with Gasteiger partial charge in [-0.05, 0) is 25.1 Å². The number of carbonyl (C=O) groups excluding carboxylic acids is 1. The van der Waals surface area contributed by atoms with Gasteiger partial charge in [0.25, 0.3) is 5.91 Å². The van der Waals surface area contributed by atoms with E-state index < -0.39 is 0 Å². The highest BCUT2D eigenvalue weighted by Crippen LogP contribution is 2.31. The van der Waals surface area contributed by atoms with E-state index in [0.29, 0.717) is 43.4 Å². The number of ether oxygens (including phenoxy) is 2. The molecular weight excluding hydrogens is 230 g/mol. The van der Waals surface area contributed by atoms with Crippen molar-refractivity contribution in [1.82, 2.24) is 4.90 Å². The maximum Gasteiger partial charge on any atom is 0.254 e. The van der Waals surface area contributed by atoms with Gasteiger partial charge < -0.3 is 14.4 Å². The van der Waals surface area contributed by atoms with E-state index in [4.69, 9.17) is 15.9 Å². The first-order chi connectivity index (χ1) is 8.76. The summed E-state index contributed by atoms with van der Waals surface area (Å²) in [4.78, 5) is 13.8. The molecule has 0 unspecified atom stereocenters. The van der Waals surface area contributed by atoms with Crippen molar-refractivity contribution in [2.24, 2.45) is 0 Å². The van der Waals surface area contributed by atoms with Gasteiger partial charge in [0.05, 0.1) is 6.54 Å². The first-order valence-corrected chi connectivity index (χ1v) is 5.88. The summed E-state index contributed by atoms with van der Waals surface area (Å²) in [5, 5.41) is 0. The Morgan fingerprint density at radius 3 is 2.78 bits per heavy atom. The lowest BCUT2D eigenvalue weighted by Crippen LogP contribution is -2.31. The molecule has 1 heterocycles. The summed E-state index contributed by atoms with van der Waals surface area (Å²) in [5.41, 5.74) is 0.566. The van der Waals surface area contributed by atoms with Gasteiger partial charge in [-0.3, -0.25) is 4.79 Å². The zero-order valence-electron chi connectivity index (χ0n) is 10.3. The largest absolute Gasteiger partial charge is 0.486 e. The van der Waals surface area contributed by atoms with Crippen molar-refractivity contribution in [3.8, 4) is 23.8 Å². The molecule has 1 aromatic carbocycles. The second kappa shape index (κ2) is 5.46. The number of nitrogens with zero attached hydrogens (tertiary/aromatic N) is 1. The molecular formula is C14H15NO3. The van der Waals surface area contributed by atoms with Gasteiger partial charge in [-0.2, -0.15) is 0 Å². The molecule has 2 rings (SSSR count). The van der Waals surface area contributed by atoms with Gasteiger partial charge in [-0.15, -0.1) is 6.42 Å². The topological polar surface area (TPSA) is 38.8 Å². The third-order valence-corrected chi connectivity index (χ3v) is 2.74. The summed E-state index contributed by atoms with van der Waals surface area (Å²) in [6.07, 6.45) is 5.24. The Morgan fingerprint density at radius 2 is 2.11 bits per heavy atom. The minimum Gasteiger partial charge on any atom is -0.486 e. The molecule has 4 nitrogen and oxygen atoms in total. The second-order valence-electron chi connectivity index (χ2n) is 3.88. The number of fused-ring (bicyclic) bond motifs is 1. The van der Waals surface area contributed by atoms with Gasteiger partial charge in [0.15, 0.2) is 11.5 Å². The number of amides is 1. The van der Waals surface area contributed by atoms with Crippen LogP contribution in [0, 0.1) is 12.3 Å². The number of carbonyl (C=O) groups is 1. The van der Waals surface area contributed by atoms with Crippen molar-refractivity contribution >= 4 is 5.91 Å². The van der Waals surface area contributed by atoms with Crippen molar-refractivity contribution in [3.05, 3.63) is 23.8 Å². The van der Waals surface area contributed by atoms with E-state index in [1.807, 2.05) is 6.92 Å². The lowest BCUT2D eigenvalue weighted by Gasteiger charge is -2.21. The van der Waals surface area contributed by atoms with Crippen molar-refractivity contribution in [2.45, 2.75) is 6.92 Å². The summed E-state index contributed by atoms with van der Waals surface area (Å²) >= 11 is 0. The highest BCUT2D eigenvalue weighted by Gasteiger charge is 2.17. The Labute approximate surface area is 106 Å². The zero-order valence-corrected chi connectivity index (χ0v) is 10.3. The summed E-state index contributed by atoms with van der Waals surface area (Å²) in [6, 6.07) is 5.19. The Bertz CT molecular complexity index is 490. The van der Waals surface area contributed by atoms with E-state index in [2.05, 4.69) is 5.92 Å². The predicted octanol–water partition coefficient (Wildman–Crippen LogP) is 1.55. The number of rotatable bonds is 3. The van der Waals surface area contributed by atoms with Crippen LogP contribution in [0.15, 0.2) is 18.2 Å². The normalized spacial score (nSPS) is 12.7. The highest BCUT2D eigenvalue weighted by atomic mass is 16.6. The molecule has 0 fully saturated rings. The van der Waals surface area contributed by atoms with E-state index in [0.717, 1.165) is 0 Å². The molecule has 0 radical (unpaired) electrons. The fraction of sp³-hybridized carbons (Fsp3) is 0.357. The molecule has 1 aliphatic heterocycles. The zero-order chi connectivity index (χ0) is 13.0. The lowest BCUT2D eigenvalue weighted by molar-refractivity contribution is 0.0783. The van der Waals surface area contributed by atoms with E-state index >= 15 is 0 Å². The minimum atomic E-state index is -0.0903. The number of hydrogen-bond donors (Lipinski definition) is 0. The third-order valence-electron chi connectivity index (χ3n) is 2.74. The number of hydrogen-bond acceptors (Lipinski definition) is 3. The van der Waals surface area contributed by atoms with Gasteiger partial charge in [-0.1, -0.05) is 5.92 Å². The average molecular weight is 245 g/mol. The molecule has 0 spiro atoms. The number of terminal acetylenes is 1. The van der Waals surface area contributed by atoms with Crippen LogP contribution in [0.2, 0.25) is 0 Å². The van der Waals surface area contributed by atoms with Gasteiger partial charge in [-0.25, -0.2) is 0 Å². The van der Waals surface area contributed by atoms with E-state index in [-0.39, 0.29) is 5.91 Å². The van der Waals surface area contributed by atoms with Crippen LogP contribution in [0.1, 0.15) is 17.3 Å². The van der Waals surface area contributed by atoms with Crippen molar-refractivity contribution in [1.29, 1.82) is 0 Å². The van der Waals surface area contributed by atoms with Crippen LogP contribution in [-0.4, -0.2) is 37.1 Å². The van der Waals surface area contributed by atoms with Crippen molar-refractivity contribution in [3.63, 3.8) is 0 Å². The van der Waals surface area contributed by atoms with Crippen LogP contribution in [-0.2, 0) is 0 Å². The van der Waals surface area contributed by atoms with E-state index in [9.17, 15) is 4.79 Å². The summed E-state index contributed by atoms with van der Waals surface area (Å²) in [6.45, 7) is 3.83. The molecule has 4 heteroatoms. The lowest BCUT2D eigenvalue weighted by atomic mass is 10.1. The highest BCUT2D eigenvalue weighted by molar-refractivity contribution is 5.95. The molecule has 0 saturated heterocycles. The van der Waals surface area contributed by atoms with E-state index in [1.165, 1.54) is 0 Å². The molecule has 18 heavy (non-hydrogen) atoms.